The molecule has 0 unspecified atom stereocenters. The molecule has 3 N–H and O–H groups in total. The maximum atomic E-state index is 9.63. The average Bonchev–Trinajstić information content (AvgIpc) is 2.84. The summed E-state index contributed by atoms with van der Waals surface area (Å²) in [4.78, 5) is 5.86. The van der Waals surface area contributed by atoms with Gasteiger partial charge in [0.15, 0.2) is 0 Å². The number of anilines is 1. The Kier molecular flexibility index (Phi) is 3.56. The van der Waals surface area contributed by atoms with Crippen molar-refractivity contribution in [3.63, 3.8) is 0 Å². The zero-order chi connectivity index (χ0) is 13.9. The molecule has 0 fully saturated rings. The minimum absolute atomic E-state index is 0.00557. The summed E-state index contributed by atoms with van der Waals surface area (Å²) in [5.74, 6) is 0.0224. The van der Waals surface area contributed by atoms with E-state index in [0.717, 1.165) is 18.0 Å². The Morgan fingerprint density at radius 1 is 1.25 bits per heavy atom. The number of aromatic nitrogens is 1. The molecule has 0 amide bonds. The zero-order valence-electron chi connectivity index (χ0n) is 10.8. The van der Waals surface area contributed by atoms with Crippen LogP contribution >= 0.6 is 11.3 Å². The van der Waals surface area contributed by atoms with Crippen LogP contribution in [-0.2, 0) is 12.8 Å². The number of phenolic OH excluding ortho intramolecular Hbond substituents is 2. The van der Waals surface area contributed by atoms with Crippen molar-refractivity contribution in [2.75, 3.05) is 5.43 Å². The number of nitrogens with one attached hydrogen (secondary N) is 1. The van der Waals surface area contributed by atoms with E-state index in [1.54, 1.807) is 17.4 Å². The molecule has 0 spiro atoms. The van der Waals surface area contributed by atoms with E-state index < -0.39 is 0 Å². The van der Waals surface area contributed by atoms with Crippen LogP contribution in [0.3, 0.4) is 0 Å². The fraction of sp³-hybridized carbons (Fsp3) is 0.286. The van der Waals surface area contributed by atoms with E-state index in [0.29, 0.717) is 5.56 Å². The summed E-state index contributed by atoms with van der Waals surface area (Å²) in [6.45, 7) is 0. The van der Waals surface area contributed by atoms with Crippen LogP contribution in [0.2, 0.25) is 0 Å². The summed E-state index contributed by atoms with van der Waals surface area (Å²) < 4.78 is 0. The van der Waals surface area contributed by atoms with Gasteiger partial charge < -0.3 is 10.2 Å². The van der Waals surface area contributed by atoms with Crippen LogP contribution in [0.5, 0.6) is 11.5 Å². The molecule has 0 saturated heterocycles. The number of hydrogen-bond donors (Lipinski definition) is 3. The van der Waals surface area contributed by atoms with Crippen molar-refractivity contribution in [1.29, 1.82) is 0 Å². The van der Waals surface area contributed by atoms with Crippen LogP contribution < -0.4 is 5.43 Å². The van der Waals surface area contributed by atoms with Crippen molar-refractivity contribution in [3.05, 3.63) is 34.3 Å². The number of aromatic hydroxyl groups is 2. The Balaban J connectivity index is 1.69. The second-order valence-electron chi connectivity index (χ2n) is 4.71. The van der Waals surface area contributed by atoms with Crippen molar-refractivity contribution in [2.24, 2.45) is 5.10 Å². The van der Waals surface area contributed by atoms with E-state index in [1.165, 1.54) is 41.8 Å². The monoisotopic (exact) mass is 289 g/mol. The third kappa shape index (κ3) is 2.75. The van der Waals surface area contributed by atoms with Crippen molar-refractivity contribution < 1.29 is 10.2 Å². The second kappa shape index (κ2) is 5.50. The molecule has 1 aromatic heterocycles. The Morgan fingerprint density at radius 3 is 2.90 bits per heavy atom. The van der Waals surface area contributed by atoms with Crippen LogP contribution in [0.15, 0.2) is 23.3 Å². The molecule has 20 heavy (non-hydrogen) atoms. The summed E-state index contributed by atoms with van der Waals surface area (Å²) in [5.41, 5.74) is 4.62. The summed E-state index contributed by atoms with van der Waals surface area (Å²) in [6, 6.07) is 4.38. The number of benzene rings is 1. The van der Waals surface area contributed by atoms with Gasteiger partial charge >= 0.3 is 0 Å². The predicted octanol–water partition coefficient (Wildman–Crippen LogP) is 2.88. The highest BCUT2D eigenvalue weighted by Gasteiger charge is 2.14. The highest BCUT2D eigenvalue weighted by Crippen LogP contribution is 2.29. The molecule has 0 saturated carbocycles. The SMILES string of the molecule is Oc1ccc(/C=N\Nc2nc3c(s2)CCCC3)c(O)c1. The highest BCUT2D eigenvalue weighted by molar-refractivity contribution is 7.15. The highest BCUT2D eigenvalue weighted by atomic mass is 32.1. The van der Waals surface area contributed by atoms with Gasteiger partial charge in [0.05, 0.1) is 11.9 Å². The topological polar surface area (TPSA) is 77.7 Å². The smallest absolute Gasteiger partial charge is 0.203 e. The van der Waals surface area contributed by atoms with Gasteiger partial charge in [-0.15, -0.1) is 11.3 Å². The van der Waals surface area contributed by atoms with Crippen molar-refractivity contribution in [2.45, 2.75) is 25.7 Å². The Morgan fingerprint density at radius 2 is 2.10 bits per heavy atom. The molecule has 5 nitrogen and oxygen atoms in total. The molecule has 1 aliphatic carbocycles. The molecule has 0 aliphatic heterocycles. The van der Waals surface area contributed by atoms with E-state index in [9.17, 15) is 10.2 Å². The van der Waals surface area contributed by atoms with Gasteiger partial charge in [0.2, 0.25) is 5.13 Å². The zero-order valence-corrected chi connectivity index (χ0v) is 11.7. The number of thiazole rings is 1. The number of hydrazone groups is 1. The lowest BCUT2D eigenvalue weighted by Gasteiger charge is -2.06. The number of aryl methyl sites for hydroxylation is 2. The molecule has 2 aromatic rings. The minimum Gasteiger partial charge on any atom is -0.508 e. The fourth-order valence-corrected chi connectivity index (χ4v) is 3.20. The normalized spacial score (nSPS) is 14.4. The van der Waals surface area contributed by atoms with Gasteiger partial charge in [-0.2, -0.15) is 5.10 Å². The molecule has 0 atom stereocenters. The first-order valence-corrected chi connectivity index (χ1v) is 7.33. The average molecular weight is 289 g/mol. The van der Waals surface area contributed by atoms with Crippen LogP contribution in [0, 0.1) is 0 Å². The number of hydrogen-bond acceptors (Lipinski definition) is 6. The second-order valence-corrected chi connectivity index (χ2v) is 5.79. The number of fused-ring (bicyclic) bond motifs is 1. The van der Waals surface area contributed by atoms with Crippen LogP contribution in [0.25, 0.3) is 0 Å². The first-order chi connectivity index (χ1) is 9.72. The third-order valence-corrected chi connectivity index (χ3v) is 4.29. The molecule has 1 heterocycles. The Hall–Kier alpha value is -2.08. The summed E-state index contributed by atoms with van der Waals surface area (Å²) in [6.07, 6.45) is 6.11. The van der Waals surface area contributed by atoms with Gasteiger partial charge in [-0.05, 0) is 37.8 Å². The summed E-state index contributed by atoms with van der Waals surface area (Å²) >= 11 is 1.64. The largest absolute Gasteiger partial charge is 0.508 e. The molecule has 6 heteroatoms. The van der Waals surface area contributed by atoms with Crippen LogP contribution in [0.4, 0.5) is 5.13 Å². The van der Waals surface area contributed by atoms with Gasteiger partial charge in [0, 0.05) is 16.5 Å². The first kappa shape index (κ1) is 12.9. The van der Waals surface area contributed by atoms with E-state index in [1.807, 2.05) is 0 Å². The van der Waals surface area contributed by atoms with Gasteiger partial charge in [0.25, 0.3) is 0 Å². The molecule has 3 rings (SSSR count). The number of rotatable bonds is 3. The maximum Gasteiger partial charge on any atom is 0.203 e. The van der Waals surface area contributed by atoms with Crippen molar-refractivity contribution >= 4 is 22.7 Å². The Labute approximate surface area is 120 Å². The van der Waals surface area contributed by atoms with E-state index >= 15 is 0 Å². The molecule has 0 bridgehead atoms. The number of phenols is 2. The van der Waals surface area contributed by atoms with Crippen LogP contribution in [0.1, 0.15) is 29.0 Å². The molecule has 1 aliphatic rings. The van der Waals surface area contributed by atoms with Crippen molar-refractivity contribution in [1.82, 2.24) is 4.98 Å². The molecule has 0 radical (unpaired) electrons. The van der Waals surface area contributed by atoms with Gasteiger partial charge in [0.1, 0.15) is 11.5 Å². The maximum absolute atomic E-state index is 9.63. The minimum atomic E-state index is -0.00557. The lowest BCUT2D eigenvalue weighted by Crippen LogP contribution is -1.99. The van der Waals surface area contributed by atoms with E-state index in [4.69, 9.17) is 0 Å². The van der Waals surface area contributed by atoms with Gasteiger partial charge in [-0.3, -0.25) is 5.43 Å². The molecular weight excluding hydrogens is 274 g/mol. The summed E-state index contributed by atoms with van der Waals surface area (Å²) in [7, 11) is 0. The quantitative estimate of drug-likeness (QED) is 0.600. The number of nitrogens with zero attached hydrogens (tertiary/aromatic N) is 2. The predicted molar refractivity (Wildman–Crippen MR) is 79.7 cm³/mol. The summed E-state index contributed by atoms with van der Waals surface area (Å²) in [5, 5.41) is 23.7. The third-order valence-electron chi connectivity index (χ3n) is 3.22. The lowest BCUT2D eigenvalue weighted by atomic mass is 10.0. The fourth-order valence-electron chi connectivity index (χ4n) is 2.20. The molecule has 1 aromatic carbocycles. The molecule has 104 valence electrons. The standard InChI is InChI=1S/C14H15N3O2S/c18-10-6-5-9(12(19)7-10)8-15-17-14-16-11-3-1-2-4-13(11)20-14/h5-8,18-19H,1-4H2,(H,16,17)/b15-8-. The van der Waals surface area contributed by atoms with E-state index in [2.05, 4.69) is 15.5 Å². The first-order valence-electron chi connectivity index (χ1n) is 6.52. The van der Waals surface area contributed by atoms with Gasteiger partial charge in [-0.1, -0.05) is 0 Å². The van der Waals surface area contributed by atoms with E-state index in [-0.39, 0.29) is 11.5 Å². The van der Waals surface area contributed by atoms with Crippen LogP contribution in [-0.4, -0.2) is 21.4 Å². The van der Waals surface area contributed by atoms with Crippen molar-refractivity contribution in [3.8, 4) is 11.5 Å². The molecular formula is C14H15N3O2S. The lowest BCUT2D eigenvalue weighted by molar-refractivity contribution is 0.450. The van der Waals surface area contributed by atoms with Gasteiger partial charge in [-0.25, -0.2) is 4.98 Å². The Bertz CT molecular complexity index is 628.